The third kappa shape index (κ3) is 3.36. The Labute approximate surface area is 133 Å². The Balaban J connectivity index is 2.34. The summed E-state index contributed by atoms with van der Waals surface area (Å²) in [6, 6.07) is 5.77. The first kappa shape index (κ1) is 15.8. The SMILES string of the molecule is COC=C(C(=O)OC)C1=CN(c2c(C)cccc2Cl)CS1. The number of rotatable bonds is 4. The van der Waals surface area contributed by atoms with Gasteiger partial charge in [-0.1, -0.05) is 23.7 Å². The largest absolute Gasteiger partial charge is 0.503 e. The summed E-state index contributed by atoms with van der Waals surface area (Å²) in [5.41, 5.74) is 2.43. The molecule has 1 aromatic rings. The number of carbonyl (C=O) groups excluding carboxylic acids is 1. The van der Waals surface area contributed by atoms with Crippen molar-refractivity contribution in [3.8, 4) is 0 Å². The average Bonchev–Trinajstić information content (AvgIpc) is 2.93. The highest BCUT2D eigenvalue weighted by molar-refractivity contribution is 8.03. The van der Waals surface area contributed by atoms with E-state index in [1.807, 2.05) is 36.2 Å². The number of halogens is 1. The van der Waals surface area contributed by atoms with Crippen LogP contribution in [0.15, 0.2) is 41.1 Å². The van der Waals surface area contributed by atoms with Crippen LogP contribution in [0.3, 0.4) is 0 Å². The maximum atomic E-state index is 11.8. The number of nitrogens with zero attached hydrogens (tertiary/aromatic N) is 1. The van der Waals surface area contributed by atoms with E-state index in [1.54, 1.807) is 0 Å². The summed E-state index contributed by atoms with van der Waals surface area (Å²) in [5.74, 6) is 0.256. The van der Waals surface area contributed by atoms with Gasteiger partial charge in [0.15, 0.2) is 0 Å². The lowest BCUT2D eigenvalue weighted by molar-refractivity contribution is -0.135. The highest BCUT2D eigenvalue weighted by Crippen LogP contribution is 2.39. The van der Waals surface area contributed by atoms with Crippen molar-refractivity contribution in [1.29, 1.82) is 0 Å². The van der Waals surface area contributed by atoms with E-state index in [0.29, 0.717) is 16.5 Å². The number of thioether (sulfide) groups is 1. The Kier molecular flexibility index (Phi) is 5.20. The number of benzene rings is 1. The van der Waals surface area contributed by atoms with Gasteiger partial charge in [-0.15, -0.1) is 11.8 Å². The van der Waals surface area contributed by atoms with Crippen molar-refractivity contribution in [2.45, 2.75) is 6.92 Å². The Hall–Kier alpha value is -1.59. The lowest BCUT2D eigenvalue weighted by Crippen LogP contribution is -2.12. The second kappa shape index (κ2) is 6.91. The van der Waals surface area contributed by atoms with E-state index in [9.17, 15) is 4.79 Å². The van der Waals surface area contributed by atoms with Gasteiger partial charge >= 0.3 is 5.97 Å². The monoisotopic (exact) mass is 325 g/mol. The van der Waals surface area contributed by atoms with E-state index in [0.717, 1.165) is 16.2 Å². The molecule has 0 fully saturated rings. The van der Waals surface area contributed by atoms with E-state index in [-0.39, 0.29) is 0 Å². The third-order valence-corrected chi connectivity index (χ3v) is 4.36. The topological polar surface area (TPSA) is 38.8 Å². The van der Waals surface area contributed by atoms with Crippen molar-refractivity contribution in [3.05, 3.63) is 51.7 Å². The molecule has 4 nitrogen and oxygen atoms in total. The smallest absolute Gasteiger partial charge is 0.342 e. The van der Waals surface area contributed by atoms with Crippen molar-refractivity contribution < 1.29 is 14.3 Å². The molecule has 0 atom stereocenters. The number of anilines is 1. The van der Waals surface area contributed by atoms with E-state index in [2.05, 4.69) is 0 Å². The Morgan fingerprint density at radius 2 is 2.19 bits per heavy atom. The number of ether oxygens (including phenoxy) is 2. The molecule has 6 heteroatoms. The summed E-state index contributed by atoms with van der Waals surface area (Å²) in [4.78, 5) is 14.6. The second-order valence-electron chi connectivity index (χ2n) is 4.40. The molecular formula is C15H16ClNO3S. The van der Waals surface area contributed by atoms with E-state index in [1.165, 1.54) is 32.2 Å². The summed E-state index contributed by atoms with van der Waals surface area (Å²) in [5, 5.41) is 0.684. The molecular weight excluding hydrogens is 310 g/mol. The van der Waals surface area contributed by atoms with Gasteiger partial charge in [-0.25, -0.2) is 4.79 Å². The molecule has 21 heavy (non-hydrogen) atoms. The number of para-hydroxylation sites is 1. The predicted molar refractivity (Wildman–Crippen MR) is 86.3 cm³/mol. The molecule has 0 aromatic heterocycles. The first-order chi connectivity index (χ1) is 10.1. The van der Waals surface area contributed by atoms with Crippen molar-refractivity contribution >= 4 is 35.0 Å². The molecule has 0 saturated heterocycles. The number of carbonyl (C=O) groups is 1. The van der Waals surface area contributed by atoms with Gasteiger partial charge < -0.3 is 14.4 Å². The highest BCUT2D eigenvalue weighted by Gasteiger charge is 2.24. The van der Waals surface area contributed by atoms with Crippen LogP contribution in [0.1, 0.15) is 5.56 Å². The fourth-order valence-electron chi connectivity index (χ4n) is 2.05. The summed E-state index contributed by atoms with van der Waals surface area (Å²) in [7, 11) is 2.85. The standard InChI is InChI=1S/C15H16ClNO3S/c1-10-5-4-6-12(16)14(10)17-7-13(21-9-17)11(8-19-2)15(18)20-3/h4-8H,9H2,1-3H3. The van der Waals surface area contributed by atoms with Crippen LogP contribution in [0.2, 0.25) is 5.02 Å². The zero-order chi connectivity index (χ0) is 15.4. The van der Waals surface area contributed by atoms with Crippen LogP contribution in [0.5, 0.6) is 0 Å². The fourth-order valence-corrected chi connectivity index (χ4v) is 3.35. The summed E-state index contributed by atoms with van der Waals surface area (Å²) >= 11 is 7.81. The molecule has 2 rings (SSSR count). The predicted octanol–water partition coefficient (Wildman–Crippen LogP) is 3.70. The highest BCUT2D eigenvalue weighted by atomic mass is 35.5. The second-order valence-corrected chi connectivity index (χ2v) is 5.79. The van der Waals surface area contributed by atoms with E-state index >= 15 is 0 Å². The Morgan fingerprint density at radius 3 is 2.81 bits per heavy atom. The number of methoxy groups -OCH3 is 2. The molecule has 1 heterocycles. The number of esters is 1. The third-order valence-electron chi connectivity index (χ3n) is 3.01. The van der Waals surface area contributed by atoms with Gasteiger partial charge in [0.25, 0.3) is 0 Å². The first-order valence-corrected chi connectivity index (χ1v) is 7.63. The first-order valence-electron chi connectivity index (χ1n) is 6.26. The minimum atomic E-state index is -0.423. The molecule has 0 bridgehead atoms. The van der Waals surface area contributed by atoms with Gasteiger partial charge in [-0.05, 0) is 18.6 Å². The van der Waals surface area contributed by atoms with Gasteiger partial charge in [0.2, 0.25) is 0 Å². The van der Waals surface area contributed by atoms with Crippen LogP contribution >= 0.6 is 23.4 Å². The fraction of sp³-hybridized carbons (Fsp3) is 0.267. The lowest BCUT2D eigenvalue weighted by atomic mass is 10.2. The van der Waals surface area contributed by atoms with Gasteiger partial charge in [-0.2, -0.15) is 0 Å². The normalized spacial score (nSPS) is 15.0. The molecule has 0 unspecified atom stereocenters. The average molecular weight is 326 g/mol. The van der Waals surface area contributed by atoms with E-state index < -0.39 is 5.97 Å². The summed E-state index contributed by atoms with van der Waals surface area (Å²) < 4.78 is 9.75. The number of aryl methyl sites for hydroxylation is 1. The van der Waals surface area contributed by atoms with Crippen LogP contribution < -0.4 is 4.90 Å². The summed E-state index contributed by atoms with van der Waals surface area (Å²) in [6.45, 7) is 2.00. The molecule has 0 saturated carbocycles. The quantitative estimate of drug-likeness (QED) is 0.479. The Morgan fingerprint density at radius 1 is 1.43 bits per heavy atom. The molecule has 1 aromatic carbocycles. The molecule has 1 aliphatic heterocycles. The molecule has 0 N–H and O–H groups in total. The van der Waals surface area contributed by atoms with Crippen molar-refractivity contribution in [2.24, 2.45) is 0 Å². The van der Waals surface area contributed by atoms with Crippen LogP contribution in [0.25, 0.3) is 0 Å². The summed E-state index contributed by atoms with van der Waals surface area (Å²) in [6.07, 6.45) is 3.29. The van der Waals surface area contributed by atoms with Crippen LogP contribution in [0, 0.1) is 6.92 Å². The zero-order valence-electron chi connectivity index (χ0n) is 12.1. The molecule has 0 aliphatic carbocycles. The van der Waals surface area contributed by atoms with Crippen LogP contribution in [-0.4, -0.2) is 26.1 Å². The van der Waals surface area contributed by atoms with Crippen molar-refractivity contribution in [2.75, 3.05) is 25.0 Å². The van der Waals surface area contributed by atoms with Crippen molar-refractivity contribution in [3.63, 3.8) is 0 Å². The lowest BCUT2D eigenvalue weighted by Gasteiger charge is -2.18. The Bertz CT molecular complexity index is 593. The van der Waals surface area contributed by atoms with Gasteiger partial charge in [0, 0.05) is 11.1 Å². The van der Waals surface area contributed by atoms with Gasteiger partial charge in [-0.3, -0.25) is 0 Å². The number of hydrogen-bond acceptors (Lipinski definition) is 5. The van der Waals surface area contributed by atoms with Crippen LogP contribution in [-0.2, 0) is 14.3 Å². The zero-order valence-corrected chi connectivity index (χ0v) is 13.6. The molecule has 0 spiro atoms. The van der Waals surface area contributed by atoms with Crippen molar-refractivity contribution in [1.82, 2.24) is 0 Å². The molecule has 1 aliphatic rings. The van der Waals surface area contributed by atoms with Gasteiger partial charge in [0.1, 0.15) is 5.57 Å². The van der Waals surface area contributed by atoms with Gasteiger partial charge in [0.05, 0.1) is 37.1 Å². The molecule has 0 amide bonds. The molecule has 0 radical (unpaired) electrons. The molecule has 112 valence electrons. The maximum absolute atomic E-state index is 11.8. The minimum Gasteiger partial charge on any atom is -0.503 e. The van der Waals surface area contributed by atoms with E-state index in [4.69, 9.17) is 21.1 Å². The maximum Gasteiger partial charge on any atom is 0.342 e. The minimum absolute atomic E-state index is 0.400. The number of hydrogen-bond donors (Lipinski definition) is 0. The van der Waals surface area contributed by atoms with Crippen LogP contribution in [0.4, 0.5) is 5.69 Å².